The van der Waals surface area contributed by atoms with Gasteiger partial charge in [-0.3, -0.25) is 0 Å². The Labute approximate surface area is 120 Å². The normalized spacial score (nSPS) is 9.44. The van der Waals surface area contributed by atoms with Crippen LogP contribution < -0.4 is 5.73 Å². The molecule has 18 heavy (non-hydrogen) atoms. The lowest BCUT2D eigenvalue weighted by Gasteiger charge is -1.98. The number of benzene rings is 1. The van der Waals surface area contributed by atoms with E-state index in [0.29, 0.717) is 0 Å². The van der Waals surface area contributed by atoms with Crippen molar-refractivity contribution >= 4 is 24.8 Å². The number of hydrogen-bond donors (Lipinski definition) is 1. The maximum absolute atomic E-state index is 5.52. The van der Waals surface area contributed by atoms with E-state index in [-0.39, 0.29) is 24.8 Å². The lowest BCUT2D eigenvalue weighted by Crippen LogP contribution is -2.00. The fourth-order valence-electron chi connectivity index (χ4n) is 1.75. The van der Waals surface area contributed by atoms with Gasteiger partial charge in [0.05, 0.1) is 11.4 Å². The van der Waals surface area contributed by atoms with E-state index in [4.69, 9.17) is 5.73 Å². The lowest BCUT2D eigenvalue weighted by molar-refractivity contribution is 0.828. The zero-order valence-electron chi connectivity index (χ0n) is 10.4. The molecule has 0 saturated carbocycles. The van der Waals surface area contributed by atoms with Crippen molar-refractivity contribution in [3.63, 3.8) is 0 Å². The second-order valence-electron chi connectivity index (χ2n) is 3.91. The van der Waals surface area contributed by atoms with Crippen molar-refractivity contribution in [2.24, 2.45) is 5.73 Å². The standard InChI is InChI=1S/C13H17N3.2ClH/c1-11-12(6-5-9-14)10-16(15-11)13-7-3-2-4-8-13;;/h2-4,7-8,10H,5-6,9,14H2,1H3;2*1H. The highest BCUT2D eigenvalue weighted by Crippen LogP contribution is 2.12. The average molecular weight is 288 g/mol. The van der Waals surface area contributed by atoms with E-state index in [2.05, 4.69) is 23.4 Å². The van der Waals surface area contributed by atoms with Crippen LogP contribution in [0.2, 0.25) is 0 Å². The van der Waals surface area contributed by atoms with Crippen molar-refractivity contribution in [2.75, 3.05) is 6.54 Å². The van der Waals surface area contributed by atoms with Crippen molar-refractivity contribution in [3.8, 4) is 5.69 Å². The van der Waals surface area contributed by atoms with Crippen LogP contribution in [0, 0.1) is 6.92 Å². The number of halogens is 2. The Morgan fingerprint density at radius 3 is 2.44 bits per heavy atom. The van der Waals surface area contributed by atoms with Gasteiger partial charge in [-0.05, 0) is 44.0 Å². The third-order valence-corrected chi connectivity index (χ3v) is 2.67. The number of aryl methyl sites for hydroxylation is 2. The third-order valence-electron chi connectivity index (χ3n) is 2.67. The molecule has 2 rings (SSSR count). The molecule has 0 amide bonds. The van der Waals surface area contributed by atoms with Crippen LogP contribution in [-0.4, -0.2) is 16.3 Å². The molecule has 0 spiro atoms. The van der Waals surface area contributed by atoms with E-state index in [9.17, 15) is 0 Å². The summed E-state index contributed by atoms with van der Waals surface area (Å²) in [5, 5.41) is 4.51. The first-order valence-corrected chi connectivity index (χ1v) is 5.62. The molecule has 1 aromatic heterocycles. The first-order valence-electron chi connectivity index (χ1n) is 5.62. The maximum Gasteiger partial charge on any atom is 0.0645 e. The summed E-state index contributed by atoms with van der Waals surface area (Å²) in [6.07, 6.45) is 4.12. The van der Waals surface area contributed by atoms with Crippen molar-refractivity contribution in [3.05, 3.63) is 47.8 Å². The molecule has 0 unspecified atom stereocenters. The lowest BCUT2D eigenvalue weighted by atomic mass is 10.1. The molecule has 3 nitrogen and oxygen atoms in total. The Kier molecular flexibility index (Phi) is 7.67. The Bertz CT molecular complexity index is 455. The fourth-order valence-corrected chi connectivity index (χ4v) is 1.75. The Morgan fingerprint density at radius 1 is 1.17 bits per heavy atom. The number of rotatable bonds is 4. The molecular formula is C13H19Cl2N3. The molecular weight excluding hydrogens is 269 g/mol. The molecule has 0 aliphatic heterocycles. The van der Waals surface area contributed by atoms with Crippen LogP contribution in [0.3, 0.4) is 0 Å². The number of para-hydroxylation sites is 1. The summed E-state index contributed by atoms with van der Waals surface area (Å²) in [5.41, 5.74) is 9.00. The summed E-state index contributed by atoms with van der Waals surface area (Å²) >= 11 is 0. The first-order chi connectivity index (χ1) is 7.81. The van der Waals surface area contributed by atoms with Gasteiger partial charge in [-0.15, -0.1) is 24.8 Å². The molecule has 0 atom stereocenters. The van der Waals surface area contributed by atoms with Crippen LogP contribution in [0.1, 0.15) is 17.7 Å². The number of nitrogens with zero attached hydrogens (tertiary/aromatic N) is 2. The molecule has 0 bridgehead atoms. The highest BCUT2D eigenvalue weighted by Gasteiger charge is 2.05. The molecule has 2 aromatic rings. The van der Waals surface area contributed by atoms with Gasteiger partial charge in [-0.2, -0.15) is 5.10 Å². The second kappa shape index (κ2) is 8.14. The zero-order chi connectivity index (χ0) is 11.4. The predicted octanol–water partition coefficient (Wildman–Crippen LogP) is 2.92. The van der Waals surface area contributed by atoms with E-state index in [0.717, 1.165) is 30.8 Å². The summed E-state index contributed by atoms with van der Waals surface area (Å²) < 4.78 is 1.93. The van der Waals surface area contributed by atoms with Gasteiger partial charge < -0.3 is 5.73 Å². The Morgan fingerprint density at radius 2 is 1.83 bits per heavy atom. The minimum atomic E-state index is 0. The second-order valence-corrected chi connectivity index (χ2v) is 3.91. The third kappa shape index (κ3) is 4.02. The molecule has 2 N–H and O–H groups in total. The first kappa shape index (κ1) is 17.0. The van der Waals surface area contributed by atoms with Crippen molar-refractivity contribution in [1.82, 2.24) is 9.78 Å². The summed E-state index contributed by atoms with van der Waals surface area (Å²) in [6, 6.07) is 10.2. The van der Waals surface area contributed by atoms with Crippen LogP contribution in [0.4, 0.5) is 0 Å². The smallest absolute Gasteiger partial charge is 0.0645 e. The Balaban J connectivity index is 0.00000144. The highest BCUT2D eigenvalue weighted by molar-refractivity contribution is 5.85. The fraction of sp³-hybridized carbons (Fsp3) is 0.308. The number of nitrogens with two attached hydrogens (primary N) is 1. The van der Waals surface area contributed by atoms with Crippen molar-refractivity contribution in [1.29, 1.82) is 0 Å². The molecule has 1 aromatic carbocycles. The number of aromatic nitrogens is 2. The van der Waals surface area contributed by atoms with E-state index in [1.54, 1.807) is 0 Å². The molecule has 0 saturated heterocycles. The van der Waals surface area contributed by atoms with Gasteiger partial charge in [0.25, 0.3) is 0 Å². The zero-order valence-corrected chi connectivity index (χ0v) is 12.0. The highest BCUT2D eigenvalue weighted by atomic mass is 35.5. The predicted molar refractivity (Wildman–Crippen MR) is 80.2 cm³/mol. The molecule has 0 aliphatic rings. The average Bonchev–Trinajstić information content (AvgIpc) is 2.69. The topological polar surface area (TPSA) is 43.8 Å². The van der Waals surface area contributed by atoms with Gasteiger partial charge in [0.15, 0.2) is 0 Å². The number of hydrogen-bond acceptors (Lipinski definition) is 2. The molecule has 0 aliphatic carbocycles. The van der Waals surface area contributed by atoms with Gasteiger partial charge in [-0.1, -0.05) is 18.2 Å². The van der Waals surface area contributed by atoms with Gasteiger partial charge >= 0.3 is 0 Å². The van der Waals surface area contributed by atoms with Crippen molar-refractivity contribution in [2.45, 2.75) is 19.8 Å². The Hall–Kier alpha value is -1.03. The van der Waals surface area contributed by atoms with Crippen molar-refractivity contribution < 1.29 is 0 Å². The molecule has 5 heteroatoms. The van der Waals surface area contributed by atoms with Crippen LogP contribution in [-0.2, 0) is 6.42 Å². The van der Waals surface area contributed by atoms with Gasteiger partial charge in [0.2, 0.25) is 0 Å². The van der Waals surface area contributed by atoms with E-state index in [1.807, 2.05) is 29.8 Å². The minimum Gasteiger partial charge on any atom is -0.330 e. The van der Waals surface area contributed by atoms with E-state index < -0.39 is 0 Å². The summed E-state index contributed by atoms with van der Waals surface area (Å²) in [4.78, 5) is 0. The summed E-state index contributed by atoms with van der Waals surface area (Å²) in [5.74, 6) is 0. The molecule has 1 heterocycles. The van der Waals surface area contributed by atoms with Crippen LogP contribution in [0.25, 0.3) is 5.69 Å². The minimum absolute atomic E-state index is 0. The maximum atomic E-state index is 5.52. The monoisotopic (exact) mass is 287 g/mol. The van der Waals surface area contributed by atoms with E-state index in [1.165, 1.54) is 5.56 Å². The largest absolute Gasteiger partial charge is 0.330 e. The molecule has 100 valence electrons. The van der Waals surface area contributed by atoms with Gasteiger partial charge in [-0.25, -0.2) is 4.68 Å². The summed E-state index contributed by atoms with van der Waals surface area (Å²) in [7, 11) is 0. The van der Waals surface area contributed by atoms with Gasteiger partial charge in [0.1, 0.15) is 0 Å². The van der Waals surface area contributed by atoms with Crippen LogP contribution in [0.5, 0.6) is 0 Å². The SMILES string of the molecule is Cc1nn(-c2ccccc2)cc1CCCN.Cl.Cl. The van der Waals surface area contributed by atoms with E-state index >= 15 is 0 Å². The summed E-state index contributed by atoms with van der Waals surface area (Å²) in [6.45, 7) is 2.78. The molecule has 0 radical (unpaired) electrons. The molecule has 0 fully saturated rings. The van der Waals surface area contributed by atoms with Crippen LogP contribution in [0.15, 0.2) is 36.5 Å². The van der Waals surface area contributed by atoms with Gasteiger partial charge in [0, 0.05) is 6.20 Å². The van der Waals surface area contributed by atoms with Crippen LogP contribution >= 0.6 is 24.8 Å². The quantitative estimate of drug-likeness (QED) is 0.940.